The van der Waals surface area contributed by atoms with E-state index in [4.69, 9.17) is 9.72 Å². The Balaban J connectivity index is 2.04. The Morgan fingerprint density at radius 2 is 2.13 bits per heavy atom. The van der Waals surface area contributed by atoms with Crippen molar-refractivity contribution >= 4 is 23.1 Å². The summed E-state index contributed by atoms with van der Waals surface area (Å²) in [5.41, 5.74) is 1.60. The number of carbonyl (C=O) groups is 1. The zero-order chi connectivity index (χ0) is 17.0. The van der Waals surface area contributed by atoms with Crippen LogP contribution in [0.15, 0.2) is 23.7 Å². The van der Waals surface area contributed by atoms with Crippen molar-refractivity contribution in [2.75, 3.05) is 11.9 Å². The predicted molar refractivity (Wildman–Crippen MR) is 93.0 cm³/mol. The van der Waals surface area contributed by atoms with Crippen molar-refractivity contribution in [2.45, 2.75) is 46.1 Å². The topological polar surface area (TPSA) is 64.1 Å². The molecule has 2 rings (SSSR count). The highest BCUT2D eigenvalue weighted by molar-refractivity contribution is 7.09. The summed E-state index contributed by atoms with van der Waals surface area (Å²) in [4.78, 5) is 20.6. The zero-order valence-electron chi connectivity index (χ0n) is 14.2. The molecule has 0 aliphatic carbocycles. The molecular weight excluding hydrogens is 310 g/mol. The van der Waals surface area contributed by atoms with Crippen LogP contribution in [0.2, 0.25) is 0 Å². The average molecular weight is 333 g/mol. The van der Waals surface area contributed by atoms with Crippen LogP contribution in [-0.2, 0) is 10.2 Å². The van der Waals surface area contributed by atoms with Gasteiger partial charge >= 0.3 is 5.97 Å². The van der Waals surface area contributed by atoms with Gasteiger partial charge in [-0.3, -0.25) is 0 Å². The van der Waals surface area contributed by atoms with E-state index in [0.29, 0.717) is 18.0 Å². The van der Waals surface area contributed by atoms with E-state index in [2.05, 4.69) is 36.5 Å². The lowest BCUT2D eigenvalue weighted by Crippen LogP contribution is -2.13. The maximum atomic E-state index is 11.6. The average Bonchev–Trinajstić information content (AvgIpc) is 2.98. The number of esters is 1. The Hall–Kier alpha value is -1.95. The predicted octanol–water partition coefficient (Wildman–Crippen LogP) is 4.19. The minimum Gasteiger partial charge on any atom is -0.462 e. The van der Waals surface area contributed by atoms with Gasteiger partial charge in [-0.05, 0) is 26.0 Å². The summed E-state index contributed by atoms with van der Waals surface area (Å²) in [6.07, 6.45) is 1.52. The number of aromatic nitrogens is 2. The largest absolute Gasteiger partial charge is 0.462 e. The van der Waals surface area contributed by atoms with Crippen molar-refractivity contribution in [1.82, 2.24) is 9.97 Å². The number of anilines is 1. The van der Waals surface area contributed by atoms with E-state index in [1.54, 1.807) is 30.4 Å². The second kappa shape index (κ2) is 7.08. The molecule has 0 fully saturated rings. The van der Waals surface area contributed by atoms with E-state index in [1.807, 2.05) is 6.92 Å². The van der Waals surface area contributed by atoms with Crippen LogP contribution in [0, 0.1) is 0 Å². The molecule has 6 heteroatoms. The molecular formula is C17H23N3O2S. The summed E-state index contributed by atoms with van der Waals surface area (Å²) in [7, 11) is 0. The first-order chi connectivity index (χ1) is 10.8. The first kappa shape index (κ1) is 17.4. The molecule has 1 atom stereocenters. The Bertz CT molecular complexity index is 659. The summed E-state index contributed by atoms with van der Waals surface area (Å²) in [5, 5.41) is 6.43. The molecule has 0 saturated carbocycles. The van der Waals surface area contributed by atoms with Crippen molar-refractivity contribution in [3.05, 3.63) is 40.0 Å². The molecule has 5 nitrogen and oxygen atoms in total. The van der Waals surface area contributed by atoms with Crippen LogP contribution in [0.25, 0.3) is 0 Å². The first-order valence-corrected chi connectivity index (χ1v) is 8.55. The van der Waals surface area contributed by atoms with Gasteiger partial charge in [0.05, 0.1) is 23.9 Å². The van der Waals surface area contributed by atoms with Gasteiger partial charge in [-0.2, -0.15) is 0 Å². The van der Waals surface area contributed by atoms with Crippen LogP contribution in [0.3, 0.4) is 0 Å². The minimum atomic E-state index is -0.352. The van der Waals surface area contributed by atoms with E-state index in [0.717, 1.165) is 10.7 Å². The third-order valence-corrected chi connectivity index (χ3v) is 4.33. The van der Waals surface area contributed by atoms with E-state index in [-0.39, 0.29) is 17.4 Å². The number of hydrogen-bond acceptors (Lipinski definition) is 6. The van der Waals surface area contributed by atoms with E-state index >= 15 is 0 Å². The molecule has 0 aliphatic heterocycles. The third-order valence-electron chi connectivity index (χ3n) is 3.30. The Labute approximate surface area is 141 Å². The molecule has 124 valence electrons. The van der Waals surface area contributed by atoms with Gasteiger partial charge in [-0.25, -0.2) is 14.8 Å². The normalized spacial score (nSPS) is 12.7. The van der Waals surface area contributed by atoms with Crippen LogP contribution >= 0.6 is 11.3 Å². The lowest BCUT2D eigenvalue weighted by Gasteiger charge is -2.15. The Kier molecular flexibility index (Phi) is 5.36. The molecule has 0 bridgehead atoms. The highest BCUT2D eigenvalue weighted by Crippen LogP contribution is 2.28. The molecule has 0 aliphatic rings. The fourth-order valence-electron chi connectivity index (χ4n) is 1.93. The van der Waals surface area contributed by atoms with Crippen LogP contribution in [0.1, 0.15) is 61.7 Å². The summed E-state index contributed by atoms with van der Waals surface area (Å²) in [5.74, 6) is 0.354. The number of carbonyl (C=O) groups excluding carboxylic acids is 1. The standard InChI is InChI=1S/C17H23N3O2S/c1-6-22-16(21)12-7-8-14(18-9-12)19-11(2)15-20-13(10-23-15)17(3,4)5/h7-11H,6H2,1-5H3,(H,18,19). The van der Waals surface area contributed by atoms with Crippen LogP contribution in [0.5, 0.6) is 0 Å². The Morgan fingerprint density at radius 3 is 2.65 bits per heavy atom. The maximum absolute atomic E-state index is 11.6. The van der Waals surface area contributed by atoms with Crippen molar-refractivity contribution < 1.29 is 9.53 Å². The number of thiazole rings is 1. The van der Waals surface area contributed by atoms with E-state index in [1.165, 1.54) is 6.20 Å². The number of nitrogens with zero attached hydrogens (tertiary/aromatic N) is 2. The minimum absolute atomic E-state index is 0.0496. The quantitative estimate of drug-likeness (QED) is 0.831. The van der Waals surface area contributed by atoms with Gasteiger partial charge in [0, 0.05) is 17.0 Å². The van der Waals surface area contributed by atoms with Gasteiger partial charge in [0.25, 0.3) is 0 Å². The molecule has 2 aromatic heterocycles. The van der Waals surface area contributed by atoms with Gasteiger partial charge < -0.3 is 10.1 Å². The molecule has 0 radical (unpaired) electrons. The SMILES string of the molecule is CCOC(=O)c1ccc(NC(C)c2nc(C(C)(C)C)cs2)nc1. The molecule has 1 N–H and O–H groups in total. The number of ether oxygens (including phenoxy) is 1. The smallest absolute Gasteiger partial charge is 0.339 e. The van der Waals surface area contributed by atoms with Crippen LogP contribution in [0.4, 0.5) is 5.82 Å². The molecule has 0 amide bonds. The second-order valence-electron chi connectivity index (χ2n) is 6.34. The van der Waals surface area contributed by atoms with Crippen molar-refractivity contribution in [3.8, 4) is 0 Å². The number of hydrogen-bond donors (Lipinski definition) is 1. The molecule has 2 heterocycles. The number of nitrogens with one attached hydrogen (secondary N) is 1. The fraction of sp³-hybridized carbons (Fsp3) is 0.471. The Morgan fingerprint density at radius 1 is 1.39 bits per heavy atom. The summed E-state index contributed by atoms with van der Waals surface area (Å²) >= 11 is 1.64. The van der Waals surface area contributed by atoms with Gasteiger partial charge in [-0.1, -0.05) is 20.8 Å². The summed E-state index contributed by atoms with van der Waals surface area (Å²) < 4.78 is 4.95. The van der Waals surface area contributed by atoms with Gasteiger partial charge in [0.15, 0.2) is 0 Å². The monoisotopic (exact) mass is 333 g/mol. The summed E-state index contributed by atoms with van der Waals surface area (Å²) in [6.45, 7) is 10.6. The van der Waals surface area contributed by atoms with Crippen molar-refractivity contribution in [3.63, 3.8) is 0 Å². The molecule has 1 unspecified atom stereocenters. The third kappa shape index (κ3) is 4.51. The van der Waals surface area contributed by atoms with Crippen LogP contribution < -0.4 is 5.32 Å². The molecule has 2 aromatic rings. The highest BCUT2D eigenvalue weighted by atomic mass is 32.1. The van der Waals surface area contributed by atoms with E-state index in [9.17, 15) is 4.79 Å². The summed E-state index contributed by atoms with van der Waals surface area (Å²) in [6, 6.07) is 3.54. The lowest BCUT2D eigenvalue weighted by molar-refractivity contribution is 0.0526. The molecule has 0 aromatic carbocycles. The second-order valence-corrected chi connectivity index (χ2v) is 7.23. The molecule has 0 spiro atoms. The van der Waals surface area contributed by atoms with Crippen LogP contribution in [-0.4, -0.2) is 22.5 Å². The lowest BCUT2D eigenvalue weighted by atomic mass is 9.93. The van der Waals surface area contributed by atoms with E-state index < -0.39 is 0 Å². The fourth-order valence-corrected chi connectivity index (χ4v) is 2.98. The number of rotatable bonds is 5. The zero-order valence-corrected chi connectivity index (χ0v) is 15.0. The molecule has 0 saturated heterocycles. The van der Waals surface area contributed by atoms with Gasteiger partial charge in [0.2, 0.25) is 0 Å². The van der Waals surface area contributed by atoms with Gasteiger partial charge in [0.1, 0.15) is 10.8 Å². The maximum Gasteiger partial charge on any atom is 0.339 e. The molecule has 23 heavy (non-hydrogen) atoms. The van der Waals surface area contributed by atoms with Crippen molar-refractivity contribution in [2.24, 2.45) is 0 Å². The number of pyridine rings is 1. The first-order valence-electron chi connectivity index (χ1n) is 7.67. The highest BCUT2D eigenvalue weighted by Gasteiger charge is 2.19. The van der Waals surface area contributed by atoms with Crippen molar-refractivity contribution in [1.29, 1.82) is 0 Å². The van der Waals surface area contributed by atoms with Gasteiger partial charge in [-0.15, -0.1) is 11.3 Å².